The Kier molecular flexibility index (Phi) is 21.2. The lowest BCUT2D eigenvalue weighted by molar-refractivity contribution is -0.953. The molecule has 0 radical (unpaired) electrons. The van der Waals surface area contributed by atoms with Crippen molar-refractivity contribution in [2.24, 2.45) is 0 Å². The summed E-state index contributed by atoms with van der Waals surface area (Å²) >= 11 is 0. The molecular weight excluding hydrogens is 566 g/mol. The first-order chi connectivity index (χ1) is 22.5. The van der Waals surface area contributed by atoms with Crippen molar-refractivity contribution in [3.63, 3.8) is 0 Å². The van der Waals surface area contributed by atoms with Gasteiger partial charge in [0.15, 0.2) is 0 Å². The summed E-state index contributed by atoms with van der Waals surface area (Å²) in [6.07, 6.45) is 24.2. The fourth-order valence-electron chi connectivity index (χ4n) is 7.90. The molecule has 2 atom stereocenters. The third kappa shape index (κ3) is 13.3. The van der Waals surface area contributed by atoms with Crippen LogP contribution in [0.4, 0.5) is 0 Å². The van der Waals surface area contributed by atoms with E-state index in [1.807, 2.05) is 0 Å². The number of nitrogens with zero attached hydrogens (tertiary/aromatic N) is 1. The van der Waals surface area contributed by atoms with Gasteiger partial charge in [-0.05, 0) is 66.8 Å². The standard InChI is InChI=1S/C42H71NO3/c1-6-10-14-18-24-32-43(33-25-19-15-11-7-2,34-26-20-16-12-8-3)40(29-21-17-13-9-4)41(42(44)45)38-31-30-36-27-22-23-28-37(36)39(38)35-46-5/h22-23,27-28,30-31,40-41H,6-21,24-26,29,32-35H2,1-5H3. The van der Waals surface area contributed by atoms with Gasteiger partial charge in [0.1, 0.15) is 6.04 Å². The van der Waals surface area contributed by atoms with Crippen molar-refractivity contribution in [1.82, 2.24) is 0 Å². The number of unbranched alkanes of at least 4 members (excludes halogenated alkanes) is 15. The highest BCUT2D eigenvalue weighted by Crippen LogP contribution is 2.38. The zero-order chi connectivity index (χ0) is 33.5. The molecule has 2 aromatic rings. The van der Waals surface area contributed by atoms with E-state index >= 15 is 0 Å². The second kappa shape index (κ2) is 24.3. The van der Waals surface area contributed by atoms with Crippen LogP contribution in [0.3, 0.4) is 0 Å². The molecule has 0 bridgehead atoms. The van der Waals surface area contributed by atoms with Gasteiger partial charge in [-0.2, -0.15) is 0 Å². The summed E-state index contributed by atoms with van der Waals surface area (Å²) in [4.78, 5) is 13.7. The molecule has 2 rings (SSSR count). The number of ether oxygens (including phenoxy) is 1. The lowest BCUT2D eigenvalue weighted by Crippen LogP contribution is -2.61. The Hall–Kier alpha value is -1.91. The van der Waals surface area contributed by atoms with Crippen LogP contribution in [0.15, 0.2) is 36.4 Å². The molecular formula is C42H71NO3. The summed E-state index contributed by atoms with van der Waals surface area (Å²) in [6.45, 7) is 12.8. The molecule has 0 aromatic heterocycles. The van der Waals surface area contributed by atoms with Crippen LogP contribution in [-0.4, -0.2) is 43.2 Å². The van der Waals surface area contributed by atoms with E-state index in [0.717, 1.165) is 58.9 Å². The van der Waals surface area contributed by atoms with E-state index in [-0.39, 0.29) is 6.04 Å². The van der Waals surface area contributed by atoms with Crippen LogP contribution in [0.5, 0.6) is 0 Å². The first-order valence-corrected chi connectivity index (χ1v) is 19.6. The maximum absolute atomic E-state index is 13.7. The van der Waals surface area contributed by atoms with Gasteiger partial charge in [0.2, 0.25) is 0 Å². The Balaban J connectivity index is 2.69. The Bertz CT molecular complexity index is 1030. The summed E-state index contributed by atoms with van der Waals surface area (Å²) < 4.78 is 6.71. The fourth-order valence-corrected chi connectivity index (χ4v) is 7.90. The molecule has 2 aromatic carbocycles. The first-order valence-electron chi connectivity index (χ1n) is 19.6. The minimum absolute atomic E-state index is 0.00199. The topological polar surface area (TPSA) is 49.4 Å². The Morgan fingerprint density at radius 3 is 1.61 bits per heavy atom. The Morgan fingerprint density at radius 1 is 0.652 bits per heavy atom. The predicted molar refractivity (Wildman–Crippen MR) is 196 cm³/mol. The first kappa shape index (κ1) is 40.3. The van der Waals surface area contributed by atoms with Gasteiger partial charge in [0.05, 0.1) is 38.1 Å². The van der Waals surface area contributed by atoms with Crippen molar-refractivity contribution >= 4 is 16.7 Å². The SMILES string of the molecule is CCCCCCC[N+](CCCCCCC)(CCCCCCC)C(CCCCCC)C(C(=O)[O-])c1ccc2ccccc2c1COC. The minimum Gasteiger partial charge on any atom is -0.549 e. The maximum atomic E-state index is 13.7. The highest BCUT2D eigenvalue weighted by atomic mass is 16.5. The van der Waals surface area contributed by atoms with Crippen molar-refractivity contribution in [2.75, 3.05) is 26.7 Å². The lowest BCUT2D eigenvalue weighted by atomic mass is 9.81. The van der Waals surface area contributed by atoms with Crippen LogP contribution >= 0.6 is 0 Å². The van der Waals surface area contributed by atoms with Crippen LogP contribution in [0, 0.1) is 0 Å². The fraction of sp³-hybridized carbons (Fsp3) is 0.738. The molecule has 2 unspecified atom stereocenters. The number of aliphatic carboxylic acids is 1. The third-order valence-electron chi connectivity index (χ3n) is 10.5. The predicted octanol–water partition coefficient (Wildman–Crippen LogP) is 10.9. The molecule has 0 aliphatic carbocycles. The molecule has 0 heterocycles. The zero-order valence-corrected chi connectivity index (χ0v) is 30.8. The van der Waals surface area contributed by atoms with E-state index < -0.39 is 11.9 Å². The number of carbonyl (C=O) groups excluding carboxylic acids is 1. The van der Waals surface area contributed by atoms with E-state index in [9.17, 15) is 9.90 Å². The largest absolute Gasteiger partial charge is 0.549 e. The van der Waals surface area contributed by atoms with Crippen molar-refractivity contribution in [1.29, 1.82) is 0 Å². The quantitative estimate of drug-likeness (QED) is 0.0659. The number of hydrogen-bond acceptors (Lipinski definition) is 3. The molecule has 4 nitrogen and oxygen atoms in total. The average molecular weight is 638 g/mol. The second-order valence-electron chi connectivity index (χ2n) is 14.1. The number of benzene rings is 2. The normalized spacial score (nSPS) is 13.3. The zero-order valence-electron chi connectivity index (χ0n) is 30.8. The third-order valence-corrected chi connectivity index (χ3v) is 10.5. The smallest absolute Gasteiger partial charge is 0.101 e. The number of carboxylic acid groups (broad SMARTS) is 1. The average Bonchev–Trinajstić information content (AvgIpc) is 3.06. The summed E-state index contributed by atoms with van der Waals surface area (Å²) in [5.41, 5.74) is 1.95. The van der Waals surface area contributed by atoms with Crippen LogP contribution in [0.2, 0.25) is 0 Å². The van der Waals surface area contributed by atoms with Crippen molar-refractivity contribution in [3.8, 4) is 0 Å². The molecule has 0 amide bonds. The van der Waals surface area contributed by atoms with E-state index in [0.29, 0.717) is 6.61 Å². The highest BCUT2D eigenvalue weighted by molar-refractivity contribution is 5.89. The van der Waals surface area contributed by atoms with E-state index in [1.54, 1.807) is 7.11 Å². The van der Waals surface area contributed by atoms with Gasteiger partial charge in [0.25, 0.3) is 0 Å². The summed E-state index contributed by atoms with van der Waals surface area (Å²) in [5, 5.41) is 15.9. The number of fused-ring (bicyclic) bond motifs is 1. The van der Waals surface area contributed by atoms with Crippen molar-refractivity contribution in [3.05, 3.63) is 47.5 Å². The molecule has 0 fully saturated rings. The van der Waals surface area contributed by atoms with Gasteiger partial charge < -0.3 is 19.1 Å². The molecule has 262 valence electrons. The molecule has 0 saturated heterocycles. The van der Waals surface area contributed by atoms with E-state index in [1.165, 1.54) is 116 Å². The molecule has 0 saturated carbocycles. The van der Waals surface area contributed by atoms with E-state index in [2.05, 4.69) is 64.1 Å². The Labute approximate surface area is 284 Å². The van der Waals surface area contributed by atoms with Crippen LogP contribution in [-0.2, 0) is 16.1 Å². The Morgan fingerprint density at radius 2 is 1.13 bits per heavy atom. The molecule has 0 aliphatic heterocycles. The van der Waals surface area contributed by atoms with Crippen LogP contribution < -0.4 is 5.11 Å². The molecule has 4 heteroatoms. The monoisotopic (exact) mass is 638 g/mol. The van der Waals surface area contributed by atoms with Gasteiger partial charge >= 0.3 is 0 Å². The molecule has 0 spiro atoms. The number of carboxylic acids is 1. The van der Waals surface area contributed by atoms with Gasteiger partial charge in [-0.1, -0.05) is 141 Å². The maximum Gasteiger partial charge on any atom is 0.101 e. The highest BCUT2D eigenvalue weighted by Gasteiger charge is 2.42. The molecule has 0 N–H and O–H groups in total. The lowest BCUT2D eigenvalue weighted by Gasteiger charge is -2.49. The van der Waals surface area contributed by atoms with Gasteiger partial charge in [0, 0.05) is 13.5 Å². The minimum atomic E-state index is -0.904. The summed E-state index contributed by atoms with van der Waals surface area (Å²) in [6, 6.07) is 12.6. The van der Waals surface area contributed by atoms with Gasteiger partial charge in [-0.3, -0.25) is 0 Å². The van der Waals surface area contributed by atoms with Crippen molar-refractivity contribution < 1.29 is 19.1 Å². The van der Waals surface area contributed by atoms with Crippen LogP contribution in [0.25, 0.3) is 10.8 Å². The summed E-state index contributed by atoms with van der Waals surface area (Å²) in [7, 11) is 1.73. The number of hydrogen-bond donors (Lipinski definition) is 0. The number of methoxy groups -OCH3 is 1. The number of rotatable bonds is 29. The molecule has 46 heavy (non-hydrogen) atoms. The van der Waals surface area contributed by atoms with Crippen molar-refractivity contribution in [2.45, 2.75) is 175 Å². The van der Waals surface area contributed by atoms with Gasteiger partial charge in [-0.25, -0.2) is 0 Å². The molecule has 0 aliphatic rings. The van der Waals surface area contributed by atoms with E-state index in [4.69, 9.17) is 4.74 Å². The number of carbonyl (C=O) groups is 1. The summed E-state index contributed by atoms with van der Waals surface area (Å²) in [5.74, 6) is -1.56. The van der Waals surface area contributed by atoms with Crippen LogP contribution in [0.1, 0.15) is 173 Å². The number of quaternary nitrogens is 1. The van der Waals surface area contributed by atoms with Gasteiger partial charge in [-0.15, -0.1) is 0 Å². The second-order valence-corrected chi connectivity index (χ2v) is 14.1.